The second-order valence-corrected chi connectivity index (χ2v) is 8.20. The van der Waals surface area contributed by atoms with E-state index in [-0.39, 0.29) is 17.1 Å². The molecule has 0 saturated carbocycles. The molecule has 0 fully saturated rings. The number of nitrogens with zero attached hydrogens (tertiary/aromatic N) is 2. The van der Waals surface area contributed by atoms with Gasteiger partial charge in [-0.1, -0.05) is 60.3 Å². The molecule has 4 rings (SSSR count). The van der Waals surface area contributed by atoms with Gasteiger partial charge in [0.05, 0.1) is 16.8 Å². The zero-order chi connectivity index (χ0) is 18.8. The van der Waals surface area contributed by atoms with E-state index in [0.717, 1.165) is 10.6 Å². The molecule has 2 aromatic carbocycles. The van der Waals surface area contributed by atoms with Crippen molar-refractivity contribution in [2.75, 3.05) is 5.75 Å². The Morgan fingerprint density at radius 3 is 2.44 bits per heavy atom. The molecule has 0 atom stereocenters. The zero-order valence-corrected chi connectivity index (χ0v) is 16.2. The predicted octanol–water partition coefficient (Wildman–Crippen LogP) is 4.73. The second kappa shape index (κ2) is 7.50. The van der Waals surface area contributed by atoms with Crippen molar-refractivity contribution in [2.24, 2.45) is 0 Å². The minimum Gasteiger partial charge on any atom is -0.293 e. The number of carbonyl (C=O) groups excluding carboxylic acids is 1. The number of thiophene rings is 1. The van der Waals surface area contributed by atoms with Crippen LogP contribution >= 0.6 is 23.1 Å². The SMILES string of the molecule is Cc1cc2c(=O)n(-c3ccccc3)c(SCC(=O)c3ccccc3)nc2s1. The molecular weight excluding hydrogens is 376 g/mol. The summed E-state index contributed by atoms with van der Waals surface area (Å²) in [7, 11) is 0. The maximum Gasteiger partial charge on any atom is 0.267 e. The molecule has 27 heavy (non-hydrogen) atoms. The number of carbonyl (C=O) groups is 1. The molecule has 0 radical (unpaired) electrons. The first-order valence-electron chi connectivity index (χ1n) is 8.43. The molecule has 0 aliphatic carbocycles. The Hall–Kier alpha value is -2.70. The standard InChI is InChI=1S/C21H16N2O2S2/c1-14-12-17-19(27-14)22-21(23(20(17)25)16-10-6-3-7-11-16)26-13-18(24)15-8-4-2-5-9-15/h2-12H,13H2,1H3. The topological polar surface area (TPSA) is 52.0 Å². The van der Waals surface area contributed by atoms with Crippen molar-refractivity contribution in [2.45, 2.75) is 12.1 Å². The highest BCUT2D eigenvalue weighted by Gasteiger charge is 2.16. The van der Waals surface area contributed by atoms with E-state index in [2.05, 4.69) is 0 Å². The number of rotatable bonds is 5. The summed E-state index contributed by atoms with van der Waals surface area (Å²) in [4.78, 5) is 32.0. The molecule has 6 heteroatoms. The number of hydrogen-bond donors (Lipinski definition) is 0. The number of thioether (sulfide) groups is 1. The summed E-state index contributed by atoms with van der Waals surface area (Å²) in [6.07, 6.45) is 0. The Kier molecular flexibility index (Phi) is 4.92. The van der Waals surface area contributed by atoms with Crippen molar-refractivity contribution in [3.8, 4) is 5.69 Å². The molecule has 0 aliphatic heterocycles. The van der Waals surface area contributed by atoms with Crippen LogP contribution in [0.4, 0.5) is 0 Å². The number of para-hydroxylation sites is 1. The normalized spacial score (nSPS) is 11.0. The van der Waals surface area contributed by atoms with E-state index >= 15 is 0 Å². The van der Waals surface area contributed by atoms with Gasteiger partial charge >= 0.3 is 0 Å². The number of benzene rings is 2. The molecule has 2 heterocycles. The average Bonchev–Trinajstić information content (AvgIpc) is 3.08. The lowest BCUT2D eigenvalue weighted by atomic mass is 10.2. The lowest BCUT2D eigenvalue weighted by Gasteiger charge is -2.11. The van der Waals surface area contributed by atoms with Gasteiger partial charge in [-0.25, -0.2) is 4.98 Å². The van der Waals surface area contributed by atoms with Crippen LogP contribution in [0.5, 0.6) is 0 Å². The van der Waals surface area contributed by atoms with Gasteiger partial charge in [0.1, 0.15) is 4.83 Å². The first kappa shape index (κ1) is 17.7. The highest BCUT2D eigenvalue weighted by atomic mass is 32.2. The predicted molar refractivity (Wildman–Crippen MR) is 111 cm³/mol. The van der Waals surface area contributed by atoms with Gasteiger partial charge in [0.15, 0.2) is 10.9 Å². The van der Waals surface area contributed by atoms with E-state index in [1.54, 1.807) is 16.7 Å². The van der Waals surface area contributed by atoms with Crippen LogP contribution in [0.3, 0.4) is 0 Å². The summed E-state index contributed by atoms with van der Waals surface area (Å²) >= 11 is 2.78. The fraction of sp³-hybridized carbons (Fsp3) is 0.0952. The van der Waals surface area contributed by atoms with Crippen LogP contribution in [0.15, 0.2) is 76.7 Å². The van der Waals surface area contributed by atoms with E-state index in [4.69, 9.17) is 4.98 Å². The van der Waals surface area contributed by atoms with Crippen molar-refractivity contribution in [3.05, 3.63) is 87.5 Å². The largest absolute Gasteiger partial charge is 0.293 e. The number of aryl methyl sites for hydroxylation is 1. The minimum atomic E-state index is -0.106. The third-order valence-electron chi connectivity index (χ3n) is 4.10. The molecule has 0 saturated heterocycles. The molecule has 0 unspecified atom stereocenters. The summed E-state index contributed by atoms with van der Waals surface area (Å²) < 4.78 is 1.59. The third kappa shape index (κ3) is 3.59. The second-order valence-electron chi connectivity index (χ2n) is 6.02. The van der Waals surface area contributed by atoms with Crippen LogP contribution in [0, 0.1) is 6.92 Å². The Morgan fingerprint density at radius 1 is 1.07 bits per heavy atom. The van der Waals surface area contributed by atoms with Gasteiger partial charge in [0, 0.05) is 10.4 Å². The van der Waals surface area contributed by atoms with Crippen molar-refractivity contribution in [1.29, 1.82) is 0 Å². The van der Waals surface area contributed by atoms with Crippen LogP contribution in [-0.2, 0) is 0 Å². The number of hydrogen-bond acceptors (Lipinski definition) is 5. The first-order chi connectivity index (χ1) is 13.1. The molecule has 0 amide bonds. The Bertz CT molecular complexity index is 1170. The smallest absolute Gasteiger partial charge is 0.267 e. The number of ketones is 1. The lowest BCUT2D eigenvalue weighted by Crippen LogP contribution is -2.21. The summed E-state index contributed by atoms with van der Waals surface area (Å²) in [5.41, 5.74) is 1.30. The van der Waals surface area contributed by atoms with Crippen molar-refractivity contribution >= 4 is 39.1 Å². The van der Waals surface area contributed by atoms with Crippen LogP contribution in [-0.4, -0.2) is 21.1 Å². The fourth-order valence-corrected chi connectivity index (χ4v) is 4.65. The minimum absolute atomic E-state index is 0.0110. The zero-order valence-electron chi connectivity index (χ0n) is 14.6. The fourth-order valence-electron chi connectivity index (χ4n) is 2.82. The lowest BCUT2D eigenvalue weighted by molar-refractivity contribution is 0.102. The van der Waals surface area contributed by atoms with Gasteiger partial charge in [-0.15, -0.1) is 11.3 Å². The first-order valence-corrected chi connectivity index (χ1v) is 10.2. The molecule has 2 aromatic heterocycles. The van der Waals surface area contributed by atoms with E-state index in [1.807, 2.05) is 61.5 Å². The number of Topliss-reactive ketones (excluding diaryl/α,β-unsaturated/α-hetero) is 1. The molecule has 4 aromatic rings. The third-order valence-corrected chi connectivity index (χ3v) is 5.98. The molecule has 0 N–H and O–H groups in total. The maximum absolute atomic E-state index is 13.1. The van der Waals surface area contributed by atoms with Crippen molar-refractivity contribution < 1.29 is 4.79 Å². The van der Waals surface area contributed by atoms with Crippen molar-refractivity contribution in [1.82, 2.24) is 9.55 Å². The van der Waals surface area contributed by atoms with E-state index in [0.29, 0.717) is 20.9 Å². The van der Waals surface area contributed by atoms with Crippen molar-refractivity contribution in [3.63, 3.8) is 0 Å². The van der Waals surface area contributed by atoms with Gasteiger partial charge < -0.3 is 0 Å². The van der Waals surface area contributed by atoms with Gasteiger partial charge in [-0.3, -0.25) is 14.2 Å². The Balaban J connectivity index is 1.77. The molecule has 0 bridgehead atoms. The summed E-state index contributed by atoms with van der Waals surface area (Å²) in [6.45, 7) is 1.96. The summed E-state index contributed by atoms with van der Waals surface area (Å²) in [5.74, 6) is 0.232. The maximum atomic E-state index is 13.1. The van der Waals surface area contributed by atoms with Crippen LogP contribution in [0.2, 0.25) is 0 Å². The number of aromatic nitrogens is 2. The summed E-state index contributed by atoms with van der Waals surface area (Å²) in [6, 6.07) is 20.5. The monoisotopic (exact) mass is 392 g/mol. The van der Waals surface area contributed by atoms with Gasteiger partial charge in [0.25, 0.3) is 5.56 Å². The molecule has 4 nitrogen and oxygen atoms in total. The molecule has 0 spiro atoms. The van der Waals surface area contributed by atoms with Crippen LogP contribution < -0.4 is 5.56 Å². The van der Waals surface area contributed by atoms with Gasteiger partial charge in [0.2, 0.25) is 0 Å². The Labute approximate surface area is 164 Å². The summed E-state index contributed by atoms with van der Waals surface area (Å²) in [5, 5.41) is 1.14. The van der Waals surface area contributed by atoms with Gasteiger partial charge in [-0.05, 0) is 25.1 Å². The molecule has 0 aliphatic rings. The van der Waals surface area contributed by atoms with E-state index < -0.39 is 0 Å². The average molecular weight is 393 g/mol. The van der Waals surface area contributed by atoms with Gasteiger partial charge in [-0.2, -0.15) is 0 Å². The van der Waals surface area contributed by atoms with E-state index in [1.165, 1.54) is 23.1 Å². The highest BCUT2D eigenvalue weighted by molar-refractivity contribution is 7.99. The van der Waals surface area contributed by atoms with Crippen LogP contribution in [0.25, 0.3) is 15.9 Å². The molecular formula is C21H16N2O2S2. The quantitative estimate of drug-likeness (QED) is 0.280. The number of fused-ring (bicyclic) bond motifs is 1. The molecule has 134 valence electrons. The van der Waals surface area contributed by atoms with E-state index in [9.17, 15) is 9.59 Å². The Morgan fingerprint density at radius 2 is 1.74 bits per heavy atom. The van der Waals surface area contributed by atoms with Crippen LogP contribution in [0.1, 0.15) is 15.2 Å². The highest BCUT2D eigenvalue weighted by Crippen LogP contribution is 2.26.